The quantitative estimate of drug-likeness (QED) is 0.671. The van der Waals surface area contributed by atoms with E-state index in [2.05, 4.69) is 12.6 Å². The van der Waals surface area contributed by atoms with Crippen LogP contribution in [-0.2, 0) is 10.0 Å². The molecule has 2 N–H and O–H groups in total. The molecule has 0 aromatic heterocycles. The molecule has 3 nitrogen and oxygen atoms in total. The molecule has 0 bridgehead atoms. The van der Waals surface area contributed by atoms with E-state index in [0.29, 0.717) is 21.6 Å². The number of nitrogens with two attached hydrogens (primary N) is 1. The van der Waals surface area contributed by atoms with Crippen LogP contribution in [0, 0.1) is 11.6 Å². The Bertz CT molecular complexity index is 1070. The van der Waals surface area contributed by atoms with E-state index >= 15 is 0 Å². The summed E-state index contributed by atoms with van der Waals surface area (Å²) in [5.74, 6) is -1.27. The zero-order chi connectivity index (χ0) is 18.2. The first-order chi connectivity index (χ1) is 11.8. The van der Waals surface area contributed by atoms with Crippen molar-refractivity contribution in [2.24, 2.45) is 5.14 Å². The molecule has 0 aliphatic carbocycles. The molecule has 7 heteroatoms. The van der Waals surface area contributed by atoms with Crippen LogP contribution in [0.2, 0.25) is 0 Å². The number of thiol groups is 1. The van der Waals surface area contributed by atoms with Gasteiger partial charge in [-0.15, -0.1) is 12.6 Å². The van der Waals surface area contributed by atoms with Gasteiger partial charge in [0.15, 0.2) is 0 Å². The molecule has 25 heavy (non-hydrogen) atoms. The average molecular weight is 377 g/mol. The number of halogens is 2. The van der Waals surface area contributed by atoms with E-state index in [1.807, 2.05) is 0 Å². The maximum Gasteiger partial charge on any atom is 0.240 e. The van der Waals surface area contributed by atoms with E-state index < -0.39 is 20.7 Å². The number of primary sulfonamides is 1. The number of hydrogen-bond acceptors (Lipinski definition) is 3. The number of hydrogen-bond donors (Lipinski definition) is 2. The molecule has 0 atom stereocenters. The van der Waals surface area contributed by atoms with Crippen molar-refractivity contribution in [1.29, 1.82) is 0 Å². The highest BCUT2D eigenvalue weighted by Gasteiger charge is 2.15. The second kappa shape index (κ2) is 6.59. The predicted molar refractivity (Wildman–Crippen MR) is 95.9 cm³/mol. The summed E-state index contributed by atoms with van der Waals surface area (Å²) in [6.07, 6.45) is 0. The van der Waals surface area contributed by atoms with Crippen LogP contribution in [0.4, 0.5) is 8.78 Å². The molecular weight excluding hydrogens is 364 g/mol. The average Bonchev–Trinajstić information content (AvgIpc) is 2.53. The Kier molecular flexibility index (Phi) is 4.64. The van der Waals surface area contributed by atoms with Gasteiger partial charge in [0.2, 0.25) is 10.0 Å². The van der Waals surface area contributed by atoms with E-state index in [1.165, 1.54) is 18.2 Å². The fourth-order valence-corrected chi connectivity index (χ4v) is 3.45. The van der Waals surface area contributed by atoms with Crippen molar-refractivity contribution >= 4 is 22.7 Å². The fourth-order valence-electron chi connectivity index (χ4n) is 2.52. The van der Waals surface area contributed by atoms with Crippen LogP contribution in [0.3, 0.4) is 0 Å². The smallest absolute Gasteiger partial charge is 0.225 e. The molecule has 0 spiro atoms. The first-order valence-corrected chi connectivity index (χ1v) is 9.17. The van der Waals surface area contributed by atoms with Crippen LogP contribution in [0.15, 0.2) is 70.5 Å². The maximum atomic E-state index is 14.0. The molecule has 0 heterocycles. The summed E-state index contributed by atoms with van der Waals surface area (Å²) in [6, 6.07) is 15.0. The zero-order valence-corrected chi connectivity index (χ0v) is 14.5. The van der Waals surface area contributed by atoms with E-state index in [-0.39, 0.29) is 5.82 Å². The molecule has 0 aliphatic heterocycles. The van der Waals surface area contributed by atoms with Gasteiger partial charge < -0.3 is 0 Å². The van der Waals surface area contributed by atoms with Crippen molar-refractivity contribution in [3.8, 4) is 22.3 Å². The van der Waals surface area contributed by atoms with Gasteiger partial charge in [-0.3, -0.25) is 0 Å². The van der Waals surface area contributed by atoms with Crippen molar-refractivity contribution < 1.29 is 17.2 Å². The van der Waals surface area contributed by atoms with Crippen molar-refractivity contribution in [1.82, 2.24) is 0 Å². The van der Waals surface area contributed by atoms with Crippen LogP contribution in [-0.4, -0.2) is 8.42 Å². The Balaban J connectivity index is 2.03. The number of benzene rings is 3. The molecule has 3 rings (SSSR count). The molecule has 0 unspecified atom stereocenters. The molecule has 0 saturated carbocycles. The second-order valence-corrected chi connectivity index (χ2v) is 7.44. The molecule has 0 saturated heterocycles. The highest BCUT2D eigenvalue weighted by Crippen LogP contribution is 2.32. The van der Waals surface area contributed by atoms with E-state index in [9.17, 15) is 17.2 Å². The van der Waals surface area contributed by atoms with Gasteiger partial charge in [-0.1, -0.05) is 30.3 Å². The Morgan fingerprint density at radius 3 is 2.12 bits per heavy atom. The maximum absolute atomic E-state index is 14.0. The highest BCUT2D eigenvalue weighted by atomic mass is 32.2. The van der Waals surface area contributed by atoms with Crippen LogP contribution >= 0.6 is 12.6 Å². The first-order valence-electron chi connectivity index (χ1n) is 7.17. The molecule has 128 valence electrons. The zero-order valence-electron chi connectivity index (χ0n) is 12.8. The van der Waals surface area contributed by atoms with E-state index in [4.69, 9.17) is 5.14 Å². The molecule has 0 fully saturated rings. The summed E-state index contributed by atoms with van der Waals surface area (Å²) in [5.41, 5.74) is 2.52. The van der Waals surface area contributed by atoms with Gasteiger partial charge in [-0.2, -0.15) is 0 Å². The fraction of sp³-hybridized carbons (Fsp3) is 0. The van der Waals surface area contributed by atoms with Gasteiger partial charge in [0.05, 0.1) is 0 Å². The summed E-state index contributed by atoms with van der Waals surface area (Å²) in [5, 5.41) is 4.96. The van der Waals surface area contributed by atoms with Gasteiger partial charge in [0, 0.05) is 4.90 Å². The standard InChI is InChI=1S/C18H13F2NO2S2/c19-14-3-1-2-13(8-14)15-6-4-12(10-17(15)24)11-5-7-18(16(20)9-11)25(21,22)23/h1-10,24H,(H2,21,22,23). The normalized spacial score (nSPS) is 11.5. The van der Waals surface area contributed by atoms with Gasteiger partial charge in [-0.05, 0) is 52.6 Å². The van der Waals surface area contributed by atoms with Crippen LogP contribution in [0.1, 0.15) is 0 Å². The topological polar surface area (TPSA) is 60.2 Å². The minimum atomic E-state index is -4.11. The highest BCUT2D eigenvalue weighted by molar-refractivity contribution is 7.89. The molecule has 0 radical (unpaired) electrons. The van der Waals surface area contributed by atoms with Gasteiger partial charge in [0.1, 0.15) is 16.5 Å². The monoisotopic (exact) mass is 377 g/mol. The Morgan fingerprint density at radius 1 is 0.840 bits per heavy atom. The third kappa shape index (κ3) is 3.73. The lowest BCUT2D eigenvalue weighted by Gasteiger charge is -2.10. The molecule has 0 amide bonds. The third-order valence-corrected chi connectivity index (χ3v) is 5.02. The minimum Gasteiger partial charge on any atom is -0.225 e. The minimum absolute atomic E-state index is 0.352. The third-order valence-electron chi connectivity index (χ3n) is 3.71. The number of sulfonamides is 1. The van der Waals surface area contributed by atoms with Crippen molar-refractivity contribution in [3.63, 3.8) is 0 Å². The summed E-state index contributed by atoms with van der Waals surface area (Å²) < 4.78 is 49.9. The van der Waals surface area contributed by atoms with Crippen molar-refractivity contribution in [3.05, 3.63) is 72.3 Å². The van der Waals surface area contributed by atoms with Crippen molar-refractivity contribution in [2.75, 3.05) is 0 Å². The van der Waals surface area contributed by atoms with Gasteiger partial charge in [-0.25, -0.2) is 22.3 Å². The summed E-state index contributed by atoms with van der Waals surface area (Å²) in [6.45, 7) is 0. The van der Waals surface area contributed by atoms with Gasteiger partial charge >= 0.3 is 0 Å². The summed E-state index contributed by atoms with van der Waals surface area (Å²) >= 11 is 4.42. The summed E-state index contributed by atoms with van der Waals surface area (Å²) in [7, 11) is -4.11. The largest absolute Gasteiger partial charge is 0.240 e. The molecule has 3 aromatic carbocycles. The summed E-state index contributed by atoms with van der Waals surface area (Å²) in [4.78, 5) is 0.0257. The predicted octanol–water partition coefficient (Wildman–Crippen LogP) is 4.23. The van der Waals surface area contributed by atoms with Crippen LogP contribution in [0.25, 0.3) is 22.3 Å². The molecule has 0 aliphatic rings. The molecule has 3 aromatic rings. The molecular formula is C18H13F2NO2S2. The lowest BCUT2D eigenvalue weighted by Crippen LogP contribution is -2.13. The number of rotatable bonds is 3. The van der Waals surface area contributed by atoms with Crippen LogP contribution < -0.4 is 5.14 Å². The first kappa shape index (κ1) is 17.6. The lowest BCUT2D eigenvalue weighted by atomic mass is 10.00. The van der Waals surface area contributed by atoms with E-state index in [1.54, 1.807) is 30.3 Å². The SMILES string of the molecule is NS(=O)(=O)c1ccc(-c2ccc(-c3cccc(F)c3)c(S)c2)cc1F. The van der Waals surface area contributed by atoms with E-state index in [0.717, 1.165) is 17.7 Å². The van der Waals surface area contributed by atoms with Gasteiger partial charge in [0.25, 0.3) is 0 Å². The lowest BCUT2D eigenvalue weighted by molar-refractivity contribution is 0.568. The van der Waals surface area contributed by atoms with Crippen molar-refractivity contribution in [2.45, 2.75) is 9.79 Å². The second-order valence-electron chi connectivity index (χ2n) is 5.43. The Hall–Kier alpha value is -2.22. The Labute approximate surface area is 149 Å². The van der Waals surface area contributed by atoms with Crippen LogP contribution in [0.5, 0.6) is 0 Å². The Morgan fingerprint density at radius 2 is 1.52 bits per heavy atom.